The van der Waals surface area contributed by atoms with Crippen molar-refractivity contribution in [3.63, 3.8) is 0 Å². The Morgan fingerprint density at radius 1 is 1.25 bits per heavy atom. The second kappa shape index (κ2) is 6.21. The molecular weight excluding hydrogens is 334 g/mol. The number of carbonyl (C=O) groups excluding carboxylic acids is 1. The summed E-state index contributed by atoms with van der Waals surface area (Å²) in [7, 11) is 0. The molecule has 0 amide bonds. The summed E-state index contributed by atoms with van der Waals surface area (Å²) < 4.78 is 5.17. The van der Waals surface area contributed by atoms with Gasteiger partial charge in [0.05, 0.1) is 10.5 Å². The summed E-state index contributed by atoms with van der Waals surface area (Å²) in [6.07, 6.45) is 1.52. The van der Waals surface area contributed by atoms with E-state index in [1.165, 1.54) is 18.3 Å². The molecule has 0 N–H and O–H groups in total. The van der Waals surface area contributed by atoms with E-state index in [-0.39, 0.29) is 22.4 Å². The molecule has 0 radical (unpaired) electrons. The number of hydrogen-bond donors (Lipinski definition) is 0. The van der Waals surface area contributed by atoms with Crippen molar-refractivity contribution in [3.8, 4) is 0 Å². The van der Waals surface area contributed by atoms with Gasteiger partial charge in [0, 0.05) is 18.3 Å². The zero-order valence-electron chi connectivity index (χ0n) is 12.4. The van der Waals surface area contributed by atoms with E-state index in [9.17, 15) is 14.9 Å². The van der Waals surface area contributed by atoms with Gasteiger partial charge in [0.1, 0.15) is 5.15 Å². The minimum absolute atomic E-state index is 0.0307. The van der Waals surface area contributed by atoms with E-state index >= 15 is 0 Å². The highest BCUT2D eigenvalue weighted by atomic mass is 35.5. The first kappa shape index (κ1) is 15.8. The Morgan fingerprint density at radius 3 is 2.58 bits per heavy atom. The van der Waals surface area contributed by atoms with Crippen LogP contribution in [0.15, 0.2) is 53.3 Å². The predicted octanol–water partition coefficient (Wildman–Crippen LogP) is 3.38. The number of hydrogen-bond acceptors (Lipinski definition) is 6. The van der Waals surface area contributed by atoms with Gasteiger partial charge < -0.3 is 4.74 Å². The minimum Gasteiger partial charge on any atom is -0.402 e. The largest absolute Gasteiger partial charge is 0.402 e. The molecule has 0 saturated heterocycles. The van der Waals surface area contributed by atoms with Crippen LogP contribution in [0.4, 0.5) is 5.69 Å². The summed E-state index contributed by atoms with van der Waals surface area (Å²) in [6.45, 7) is 1.69. The van der Waals surface area contributed by atoms with E-state index in [0.717, 1.165) is 0 Å². The Morgan fingerprint density at radius 2 is 1.96 bits per heavy atom. The molecule has 120 valence electrons. The van der Waals surface area contributed by atoms with Crippen molar-refractivity contribution in [1.29, 1.82) is 0 Å². The Labute approximate surface area is 141 Å². The highest BCUT2D eigenvalue weighted by molar-refractivity contribution is 6.33. The quantitative estimate of drug-likeness (QED) is 0.280. The number of nitro groups is 1. The number of cyclic esters (lactones) is 1. The molecule has 7 nitrogen and oxygen atoms in total. The van der Waals surface area contributed by atoms with Crippen LogP contribution >= 0.6 is 11.6 Å². The Kier molecular flexibility index (Phi) is 4.09. The smallest absolute Gasteiger partial charge is 0.364 e. The second-order valence-electron chi connectivity index (χ2n) is 4.93. The van der Waals surface area contributed by atoms with Crippen molar-refractivity contribution in [1.82, 2.24) is 4.98 Å². The Bertz CT molecular complexity index is 904. The van der Waals surface area contributed by atoms with E-state index in [0.29, 0.717) is 16.7 Å². The monoisotopic (exact) mass is 343 g/mol. The number of benzene rings is 1. The summed E-state index contributed by atoms with van der Waals surface area (Å²) in [5, 5.41) is 10.9. The van der Waals surface area contributed by atoms with E-state index in [1.54, 1.807) is 31.2 Å². The zero-order valence-corrected chi connectivity index (χ0v) is 13.1. The average Bonchev–Trinajstić information content (AvgIpc) is 2.96. The molecule has 0 atom stereocenters. The Hall–Kier alpha value is -3.06. The molecule has 3 rings (SSSR count). The number of nitrogens with zero attached hydrogens (tertiary/aromatic N) is 3. The average molecular weight is 344 g/mol. The standard InChI is InChI=1S/C16H10ClN3O4/c1-9(10-4-6-11(7-5-10)20(22)23)13-16(21)24-15(19-13)12-3-2-8-18-14(12)17/h2-8H,1H3/b13-9-. The molecule has 0 saturated carbocycles. The molecule has 1 aliphatic rings. The minimum atomic E-state index is -0.610. The lowest BCUT2D eigenvalue weighted by atomic mass is 10.1. The van der Waals surface area contributed by atoms with Crippen molar-refractivity contribution in [2.75, 3.05) is 0 Å². The summed E-state index contributed by atoms with van der Waals surface area (Å²) in [5.41, 5.74) is 1.69. The number of allylic oxidation sites excluding steroid dienone is 1. The zero-order chi connectivity index (χ0) is 17.3. The van der Waals surface area contributed by atoms with Gasteiger partial charge in [-0.3, -0.25) is 10.1 Å². The van der Waals surface area contributed by atoms with Crippen LogP contribution in [0.2, 0.25) is 5.15 Å². The van der Waals surface area contributed by atoms with E-state index < -0.39 is 10.9 Å². The lowest BCUT2D eigenvalue weighted by molar-refractivity contribution is -0.384. The molecule has 0 spiro atoms. The third-order valence-electron chi connectivity index (χ3n) is 3.45. The summed E-state index contributed by atoms with van der Waals surface area (Å²) in [6, 6.07) is 9.13. The molecular formula is C16H10ClN3O4. The van der Waals surface area contributed by atoms with E-state index in [2.05, 4.69) is 9.98 Å². The van der Waals surface area contributed by atoms with Crippen LogP contribution in [0, 0.1) is 10.1 Å². The summed E-state index contributed by atoms with van der Waals surface area (Å²) >= 11 is 5.98. The van der Waals surface area contributed by atoms with Crippen molar-refractivity contribution in [2.45, 2.75) is 6.92 Å². The maximum absolute atomic E-state index is 12.1. The number of halogens is 1. The first-order valence-corrected chi connectivity index (χ1v) is 7.22. The van der Waals surface area contributed by atoms with Gasteiger partial charge in [-0.05, 0) is 42.3 Å². The summed E-state index contributed by atoms with van der Waals surface area (Å²) in [4.78, 5) is 30.4. The van der Waals surface area contributed by atoms with Crippen LogP contribution in [0.5, 0.6) is 0 Å². The molecule has 8 heteroatoms. The van der Waals surface area contributed by atoms with Crippen LogP contribution in [0.3, 0.4) is 0 Å². The highest BCUT2D eigenvalue weighted by Crippen LogP contribution is 2.27. The first-order chi connectivity index (χ1) is 11.5. The molecule has 1 aliphatic heterocycles. The lowest BCUT2D eigenvalue weighted by Crippen LogP contribution is -2.06. The van der Waals surface area contributed by atoms with Crippen LogP contribution in [0.1, 0.15) is 18.1 Å². The van der Waals surface area contributed by atoms with Crippen molar-refractivity contribution in [3.05, 3.63) is 74.7 Å². The van der Waals surface area contributed by atoms with Crippen LogP contribution in [-0.4, -0.2) is 21.8 Å². The van der Waals surface area contributed by atoms with Crippen molar-refractivity contribution < 1.29 is 14.5 Å². The molecule has 1 aromatic carbocycles. The number of aliphatic imine (C=N–C) groups is 1. The lowest BCUT2D eigenvalue weighted by Gasteiger charge is -2.02. The maximum atomic E-state index is 12.1. The van der Waals surface area contributed by atoms with Gasteiger partial charge in [-0.15, -0.1) is 0 Å². The molecule has 0 unspecified atom stereocenters. The van der Waals surface area contributed by atoms with Gasteiger partial charge in [-0.1, -0.05) is 11.6 Å². The molecule has 24 heavy (non-hydrogen) atoms. The van der Waals surface area contributed by atoms with Gasteiger partial charge >= 0.3 is 5.97 Å². The normalized spacial score (nSPS) is 15.8. The molecule has 0 aliphatic carbocycles. The molecule has 2 heterocycles. The SMILES string of the molecule is C/C(=C1/N=C(c2cccnc2Cl)OC1=O)c1ccc([N+](=O)[O-])cc1. The number of ether oxygens (including phenoxy) is 1. The van der Waals surface area contributed by atoms with Crippen LogP contribution in [0.25, 0.3) is 5.57 Å². The molecule has 0 bridgehead atoms. The summed E-state index contributed by atoms with van der Waals surface area (Å²) in [5.74, 6) is -0.532. The van der Waals surface area contributed by atoms with E-state index in [1.807, 2.05) is 0 Å². The number of carbonyl (C=O) groups is 1. The number of rotatable bonds is 3. The van der Waals surface area contributed by atoms with Crippen molar-refractivity contribution in [2.24, 2.45) is 4.99 Å². The molecule has 0 fully saturated rings. The van der Waals surface area contributed by atoms with Gasteiger partial charge in [0.15, 0.2) is 5.70 Å². The van der Waals surface area contributed by atoms with Gasteiger partial charge in [-0.2, -0.15) is 0 Å². The van der Waals surface area contributed by atoms with Gasteiger partial charge in [0.2, 0.25) is 5.90 Å². The predicted molar refractivity (Wildman–Crippen MR) is 87.6 cm³/mol. The fraction of sp³-hybridized carbons (Fsp3) is 0.0625. The second-order valence-corrected chi connectivity index (χ2v) is 5.28. The van der Waals surface area contributed by atoms with Crippen LogP contribution in [-0.2, 0) is 9.53 Å². The molecule has 1 aromatic heterocycles. The highest BCUT2D eigenvalue weighted by Gasteiger charge is 2.28. The first-order valence-electron chi connectivity index (χ1n) is 6.85. The third kappa shape index (κ3) is 2.89. The van der Waals surface area contributed by atoms with Gasteiger partial charge in [-0.25, -0.2) is 14.8 Å². The topological polar surface area (TPSA) is 94.7 Å². The fourth-order valence-corrected chi connectivity index (χ4v) is 2.37. The maximum Gasteiger partial charge on any atom is 0.364 e. The number of esters is 1. The fourth-order valence-electron chi connectivity index (χ4n) is 2.17. The number of aromatic nitrogens is 1. The molecule has 2 aromatic rings. The van der Waals surface area contributed by atoms with Crippen LogP contribution < -0.4 is 0 Å². The number of pyridine rings is 1. The number of nitro benzene ring substituents is 1. The van der Waals surface area contributed by atoms with Crippen molar-refractivity contribution >= 4 is 34.7 Å². The number of non-ortho nitro benzene ring substituents is 1. The third-order valence-corrected chi connectivity index (χ3v) is 3.75. The Balaban J connectivity index is 2.00. The van der Waals surface area contributed by atoms with Gasteiger partial charge in [0.25, 0.3) is 5.69 Å². The van der Waals surface area contributed by atoms with E-state index in [4.69, 9.17) is 16.3 Å².